The van der Waals surface area contributed by atoms with Crippen LogP contribution in [0.3, 0.4) is 0 Å². The van der Waals surface area contributed by atoms with Crippen molar-refractivity contribution in [2.75, 3.05) is 0 Å². The highest BCUT2D eigenvalue weighted by Crippen LogP contribution is 2.49. The van der Waals surface area contributed by atoms with Crippen molar-refractivity contribution in [3.05, 3.63) is 35.5 Å². The summed E-state index contributed by atoms with van der Waals surface area (Å²) in [5.41, 5.74) is 3.75. The van der Waals surface area contributed by atoms with Crippen molar-refractivity contribution in [2.45, 2.75) is 52.7 Å². The predicted molar refractivity (Wildman–Crippen MR) is 79.3 cm³/mol. The van der Waals surface area contributed by atoms with Gasteiger partial charge in [-0.15, -0.1) is 0 Å². The van der Waals surface area contributed by atoms with Crippen LogP contribution in [0.5, 0.6) is 0 Å². The maximum absolute atomic E-state index is 10.9. The zero-order valence-electron chi connectivity index (χ0n) is 12.1. The molecule has 1 aromatic heterocycles. The van der Waals surface area contributed by atoms with E-state index in [1.165, 1.54) is 16.5 Å². The molecule has 2 heteroatoms. The molecule has 1 N–H and O–H groups in total. The van der Waals surface area contributed by atoms with E-state index in [9.17, 15) is 5.11 Å². The molecule has 0 saturated carbocycles. The molecule has 3 rings (SSSR count). The third kappa shape index (κ3) is 1.59. The average Bonchev–Trinajstić information content (AvgIpc) is 2.74. The van der Waals surface area contributed by atoms with Gasteiger partial charge in [0.05, 0.1) is 11.8 Å². The lowest BCUT2D eigenvalue weighted by molar-refractivity contribution is -0.0144. The van der Waals surface area contributed by atoms with Crippen molar-refractivity contribution in [1.29, 1.82) is 0 Å². The van der Waals surface area contributed by atoms with E-state index in [0.717, 1.165) is 31.5 Å². The molecule has 0 aliphatic carbocycles. The SMILES string of the molecule is CCC1(CC)CCn2c(c(C)c3ccccc32)C1O. The first-order valence-corrected chi connectivity index (χ1v) is 7.40. The van der Waals surface area contributed by atoms with E-state index < -0.39 is 0 Å². The molecule has 0 amide bonds. The quantitative estimate of drug-likeness (QED) is 0.857. The number of benzene rings is 1. The Bertz CT molecular complexity index is 607. The Hall–Kier alpha value is -1.28. The fourth-order valence-corrected chi connectivity index (χ4v) is 3.84. The van der Waals surface area contributed by atoms with E-state index in [1.807, 2.05) is 0 Å². The lowest BCUT2D eigenvalue weighted by Crippen LogP contribution is -2.35. The number of hydrogen-bond donors (Lipinski definition) is 1. The second-order valence-electron chi connectivity index (χ2n) is 5.90. The van der Waals surface area contributed by atoms with E-state index in [4.69, 9.17) is 0 Å². The molecule has 2 heterocycles. The molecule has 0 radical (unpaired) electrons. The van der Waals surface area contributed by atoms with Crippen LogP contribution in [0.4, 0.5) is 0 Å². The van der Waals surface area contributed by atoms with Crippen LogP contribution in [0.15, 0.2) is 24.3 Å². The monoisotopic (exact) mass is 257 g/mol. The Kier molecular flexibility index (Phi) is 2.94. The van der Waals surface area contributed by atoms with Gasteiger partial charge in [-0.1, -0.05) is 32.0 Å². The molecule has 1 aliphatic rings. The molecule has 2 aromatic rings. The van der Waals surface area contributed by atoms with Crippen LogP contribution >= 0.6 is 0 Å². The summed E-state index contributed by atoms with van der Waals surface area (Å²) >= 11 is 0. The minimum absolute atomic E-state index is 0.0646. The highest BCUT2D eigenvalue weighted by atomic mass is 16.3. The number of aliphatic hydroxyl groups excluding tert-OH is 1. The van der Waals surface area contributed by atoms with Gasteiger partial charge in [-0.2, -0.15) is 0 Å². The van der Waals surface area contributed by atoms with Gasteiger partial charge in [0.1, 0.15) is 0 Å². The zero-order chi connectivity index (χ0) is 13.6. The lowest BCUT2D eigenvalue weighted by atomic mass is 9.71. The van der Waals surface area contributed by atoms with Crippen molar-refractivity contribution in [3.8, 4) is 0 Å². The van der Waals surface area contributed by atoms with E-state index in [2.05, 4.69) is 49.6 Å². The first kappa shape index (κ1) is 12.7. The van der Waals surface area contributed by atoms with Crippen LogP contribution in [-0.2, 0) is 6.54 Å². The summed E-state index contributed by atoms with van der Waals surface area (Å²) < 4.78 is 2.33. The van der Waals surface area contributed by atoms with Crippen molar-refractivity contribution < 1.29 is 5.11 Å². The second-order valence-corrected chi connectivity index (χ2v) is 5.90. The minimum Gasteiger partial charge on any atom is -0.386 e. The first-order valence-electron chi connectivity index (χ1n) is 7.40. The third-order valence-electron chi connectivity index (χ3n) is 5.35. The Morgan fingerprint density at radius 2 is 1.95 bits per heavy atom. The Labute approximate surface area is 115 Å². The van der Waals surface area contributed by atoms with Gasteiger partial charge in [-0.25, -0.2) is 0 Å². The number of rotatable bonds is 2. The van der Waals surface area contributed by atoms with E-state index in [0.29, 0.717) is 0 Å². The number of nitrogens with zero attached hydrogens (tertiary/aromatic N) is 1. The molecule has 0 saturated heterocycles. The fraction of sp³-hybridized carbons (Fsp3) is 0.529. The summed E-state index contributed by atoms with van der Waals surface area (Å²) in [5.74, 6) is 0. The van der Waals surface area contributed by atoms with Crippen LogP contribution in [0.1, 0.15) is 50.5 Å². The van der Waals surface area contributed by atoms with Crippen LogP contribution < -0.4 is 0 Å². The number of aromatic nitrogens is 1. The molecule has 19 heavy (non-hydrogen) atoms. The van der Waals surface area contributed by atoms with Crippen molar-refractivity contribution in [3.63, 3.8) is 0 Å². The first-order chi connectivity index (χ1) is 9.14. The summed E-state index contributed by atoms with van der Waals surface area (Å²) in [6, 6.07) is 8.51. The van der Waals surface area contributed by atoms with Crippen LogP contribution in [0.2, 0.25) is 0 Å². The molecule has 0 fully saturated rings. The van der Waals surface area contributed by atoms with E-state index >= 15 is 0 Å². The maximum Gasteiger partial charge on any atom is 0.0999 e. The number of fused-ring (bicyclic) bond motifs is 3. The molecule has 0 spiro atoms. The summed E-state index contributed by atoms with van der Waals surface area (Å²) in [6.07, 6.45) is 2.84. The van der Waals surface area contributed by atoms with Gasteiger partial charge in [0.2, 0.25) is 0 Å². The topological polar surface area (TPSA) is 25.2 Å². The van der Waals surface area contributed by atoms with Gasteiger partial charge in [0, 0.05) is 22.9 Å². The van der Waals surface area contributed by atoms with Gasteiger partial charge in [-0.05, 0) is 37.8 Å². The molecule has 2 nitrogen and oxygen atoms in total. The number of aliphatic hydroxyl groups is 1. The van der Waals surface area contributed by atoms with E-state index in [-0.39, 0.29) is 11.5 Å². The molecule has 0 bridgehead atoms. The maximum atomic E-state index is 10.9. The van der Waals surface area contributed by atoms with Gasteiger partial charge < -0.3 is 9.67 Å². The van der Waals surface area contributed by atoms with Gasteiger partial charge >= 0.3 is 0 Å². The van der Waals surface area contributed by atoms with Crippen LogP contribution in [0, 0.1) is 12.3 Å². The summed E-state index contributed by atoms with van der Waals surface area (Å²) in [6.45, 7) is 7.60. The smallest absolute Gasteiger partial charge is 0.0999 e. The fourth-order valence-electron chi connectivity index (χ4n) is 3.84. The predicted octanol–water partition coefficient (Wildman–Crippen LogP) is 4.19. The normalized spacial score (nSPS) is 21.6. The van der Waals surface area contributed by atoms with Gasteiger partial charge in [0.25, 0.3) is 0 Å². The Morgan fingerprint density at radius 1 is 1.26 bits per heavy atom. The van der Waals surface area contributed by atoms with Crippen LogP contribution in [0.25, 0.3) is 10.9 Å². The summed E-state index contributed by atoms with van der Waals surface area (Å²) in [5, 5.41) is 12.2. The Balaban J connectivity index is 2.24. The molecular formula is C17H23NO. The van der Waals surface area contributed by atoms with Gasteiger partial charge in [0.15, 0.2) is 0 Å². The highest BCUT2D eigenvalue weighted by molar-refractivity contribution is 5.85. The largest absolute Gasteiger partial charge is 0.386 e. The molecule has 1 atom stereocenters. The highest BCUT2D eigenvalue weighted by Gasteiger charge is 2.41. The van der Waals surface area contributed by atoms with E-state index in [1.54, 1.807) is 0 Å². The second kappa shape index (κ2) is 4.38. The van der Waals surface area contributed by atoms with Crippen molar-refractivity contribution in [2.24, 2.45) is 5.41 Å². The third-order valence-corrected chi connectivity index (χ3v) is 5.35. The van der Waals surface area contributed by atoms with Crippen LogP contribution in [-0.4, -0.2) is 9.67 Å². The summed E-state index contributed by atoms with van der Waals surface area (Å²) in [7, 11) is 0. The minimum atomic E-state index is -0.330. The zero-order valence-corrected chi connectivity index (χ0v) is 12.1. The van der Waals surface area contributed by atoms with Crippen molar-refractivity contribution in [1.82, 2.24) is 4.57 Å². The van der Waals surface area contributed by atoms with Crippen molar-refractivity contribution >= 4 is 10.9 Å². The number of hydrogen-bond acceptors (Lipinski definition) is 1. The summed E-state index contributed by atoms with van der Waals surface area (Å²) in [4.78, 5) is 0. The van der Waals surface area contributed by atoms with Gasteiger partial charge in [-0.3, -0.25) is 0 Å². The molecule has 1 aliphatic heterocycles. The number of para-hydroxylation sites is 1. The molecule has 1 unspecified atom stereocenters. The molecular weight excluding hydrogens is 234 g/mol. The molecule has 102 valence electrons. The lowest BCUT2D eigenvalue weighted by Gasteiger charge is -2.41. The number of aryl methyl sites for hydroxylation is 2. The Morgan fingerprint density at radius 3 is 2.63 bits per heavy atom. The standard InChI is InChI=1S/C17H23NO/c1-4-17(5-2)10-11-18-14-9-7-6-8-13(14)12(3)15(18)16(17)19/h6-9,16,19H,4-5,10-11H2,1-3H3. The average molecular weight is 257 g/mol. The molecule has 1 aromatic carbocycles.